The van der Waals surface area contributed by atoms with Gasteiger partial charge in [0.15, 0.2) is 0 Å². The summed E-state index contributed by atoms with van der Waals surface area (Å²) in [6.07, 6.45) is 0. The Morgan fingerprint density at radius 1 is 1.32 bits per heavy atom. The van der Waals surface area contributed by atoms with Crippen LogP contribution in [0.1, 0.15) is 15.9 Å². The summed E-state index contributed by atoms with van der Waals surface area (Å²) in [4.78, 5) is 22.1. The number of nitro groups is 1. The second-order valence-corrected chi connectivity index (χ2v) is 5.29. The van der Waals surface area contributed by atoms with Crippen LogP contribution in [-0.4, -0.2) is 23.9 Å². The van der Waals surface area contributed by atoms with Crippen molar-refractivity contribution in [1.29, 1.82) is 5.26 Å². The first-order valence-electron chi connectivity index (χ1n) is 7.08. The van der Waals surface area contributed by atoms with Gasteiger partial charge >= 0.3 is 0 Å². The first-order valence-corrected chi connectivity index (χ1v) is 7.46. The molecule has 0 aliphatic carbocycles. The van der Waals surface area contributed by atoms with Crippen molar-refractivity contribution in [1.82, 2.24) is 5.32 Å². The van der Waals surface area contributed by atoms with Gasteiger partial charge in [0.05, 0.1) is 21.2 Å². The van der Waals surface area contributed by atoms with Gasteiger partial charge in [-0.3, -0.25) is 14.9 Å². The maximum atomic E-state index is 13.4. The minimum atomic E-state index is -0.630. The number of nitrogens with one attached hydrogen (secondary N) is 2. The number of nitriles is 1. The van der Waals surface area contributed by atoms with Gasteiger partial charge < -0.3 is 10.6 Å². The molecule has 7 nitrogen and oxygen atoms in total. The molecular weight excluding hydrogens is 351 g/mol. The summed E-state index contributed by atoms with van der Waals surface area (Å²) in [6, 6.07) is 9.52. The zero-order valence-corrected chi connectivity index (χ0v) is 13.5. The molecule has 0 aromatic heterocycles. The van der Waals surface area contributed by atoms with Crippen LogP contribution in [0.15, 0.2) is 36.4 Å². The number of hydrogen-bond donors (Lipinski definition) is 2. The summed E-state index contributed by atoms with van der Waals surface area (Å²) >= 11 is 5.88. The van der Waals surface area contributed by atoms with Crippen molar-refractivity contribution < 1.29 is 14.1 Å². The van der Waals surface area contributed by atoms with Gasteiger partial charge in [-0.1, -0.05) is 17.7 Å². The van der Waals surface area contributed by atoms with Crippen LogP contribution < -0.4 is 10.6 Å². The highest BCUT2D eigenvalue weighted by Crippen LogP contribution is 2.22. The molecule has 0 fully saturated rings. The molecular formula is C16H12ClFN4O3. The van der Waals surface area contributed by atoms with E-state index in [0.717, 1.165) is 6.07 Å². The van der Waals surface area contributed by atoms with E-state index in [-0.39, 0.29) is 34.9 Å². The molecule has 2 aromatic rings. The average molecular weight is 363 g/mol. The number of carbonyl (C=O) groups is 1. The summed E-state index contributed by atoms with van der Waals surface area (Å²) < 4.78 is 13.4. The predicted molar refractivity (Wildman–Crippen MR) is 90.0 cm³/mol. The molecule has 0 atom stereocenters. The van der Waals surface area contributed by atoms with Gasteiger partial charge in [0.2, 0.25) is 0 Å². The van der Waals surface area contributed by atoms with Gasteiger partial charge in [-0.15, -0.1) is 0 Å². The van der Waals surface area contributed by atoms with E-state index >= 15 is 0 Å². The minimum Gasteiger partial charge on any atom is -0.382 e. The van der Waals surface area contributed by atoms with E-state index in [2.05, 4.69) is 10.6 Å². The SMILES string of the molecule is N#Cc1c(F)cccc1NCCNC(=O)c1ccc([N+](=O)[O-])cc1Cl. The van der Waals surface area contributed by atoms with E-state index < -0.39 is 16.6 Å². The number of nitrogens with zero attached hydrogens (tertiary/aromatic N) is 2. The predicted octanol–water partition coefficient (Wildman–Crippen LogP) is 3.10. The zero-order chi connectivity index (χ0) is 18.4. The molecule has 2 N–H and O–H groups in total. The van der Waals surface area contributed by atoms with E-state index in [1.807, 2.05) is 0 Å². The number of rotatable bonds is 6. The molecule has 0 aliphatic rings. The molecule has 0 heterocycles. The largest absolute Gasteiger partial charge is 0.382 e. The van der Waals surface area contributed by atoms with E-state index in [0.29, 0.717) is 5.69 Å². The standard InChI is InChI=1S/C16H12ClFN4O3/c17-13-8-10(22(24)25)4-5-11(13)16(23)21-7-6-20-15-3-1-2-14(18)12(15)9-19/h1-5,8,20H,6-7H2,(H,21,23). The minimum absolute atomic E-state index is 0.0310. The lowest BCUT2D eigenvalue weighted by Crippen LogP contribution is -2.29. The van der Waals surface area contributed by atoms with Gasteiger partial charge in [-0.25, -0.2) is 4.39 Å². The molecule has 2 aromatic carbocycles. The lowest BCUT2D eigenvalue weighted by molar-refractivity contribution is -0.384. The maximum absolute atomic E-state index is 13.4. The van der Waals surface area contributed by atoms with Gasteiger partial charge in [0, 0.05) is 25.2 Å². The Balaban J connectivity index is 1.93. The monoisotopic (exact) mass is 362 g/mol. The normalized spacial score (nSPS) is 9.96. The maximum Gasteiger partial charge on any atom is 0.270 e. The summed E-state index contributed by atoms with van der Waals surface area (Å²) in [6.45, 7) is 0.419. The Hall–Kier alpha value is -3.18. The third-order valence-electron chi connectivity index (χ3n) is 3.26. The number of anilines is 1. The van der Waals surface area contributed by atoms with Gasteiger partial charge in [0.1, 0.15) is 17.4 Å². The van der Waals surface area contributed by atoms with E-state index in [9.17, 15) is 19.3 Å². The highest BCUT2D eigenvalue weighted by atomic mass is 35.5. The van der Waals surface area contributed by atoms with Crippen LogP contribution in [-0.2, 0) is 0 Å². The topological polar surface area (TPSA) is 108 Å². The van der Waals surface area contributed by atoms with Crippen LogP contribution in [0.2, 0.25) is 5.02 Å². The third kappa shape index (κ3) is 4.43. The van der Waals surface area contributed by atoms with Crippen molar-refractivity contribution in [3.63, 3.8) is 0 Å². The summed E-state index contributed by atoms with van der Waals surface area (Å²) in [5.41, 5.74) is 0.117. The molecule has 128 valence electrons. The second-order valence-electron chi connectivity index (χ2n) is 4.88. The molecule has 1 amide bonds. The smallest absolute Gasteiger partial charge is 0.270 e. The molecule has 0 bridgehead atoms. The van der Waals surface area contributed by atoms with Crippen molar-refractivity contribution in [2.24, 2.45) is 0 Å². The number of hydrogen-bond acceptors (Lipinski definition) is 5. The number of carbonyl (C=O) groups excluding carboxylic acids is 1. The fourth-order valence-electron chi connectivity index (χ4n) is 2.06. The Morgan fingerprint density at radius 3 is 2.72 bits per heavy atom. The molecule has 9 heteroatoms. The number of benzene rings is 2. The fourth-order valence-corrected chi connectivity index (χ4v) is 2.32. The molecule has 0 saturated carbocycles. The van der Waals surface area contributed by atoms with Crippen LogP contribution in [0.5, 0.6) is 0 Å². The van der Waals surface area contributed by atoms with Crippen molar-refractivity contribution in [2.75, 3.05) is 18.4 Å². The zero-order valence-electron chi connectivity index (χ0n) is 12.8. The quantitative estimate of drug-likeness (QED) is 0.466. The molecule has 0 saturated heterocycles. The first kappa shape index (κ1) is 18.2. The van der Waals surface area contributed by atoms with Crippen LogP contribution >= 0.6 is 11.6 Å². The number of nitro benzene ring substituents is 1. The number of halogens is 2. The Labute approximate surface area is 147 Å². The second kappa shape index (κ2) is 8.08. The third-order valence-corrected chi connectivity index (χ3v) is 3.57. The Bertz CT molecular complexity index is 867. The van der Waals surface area contributed by atoms with Crippen LogP contribution in [0, 0.1) is 27.3 Å². The molecule has 25 heavy (non-hydrogen) atoms. The fraction of sp³-hybridized carbons (Fsp3) is 0.125. The van der Waals surface area contributed by atoms with Crippen molar-refractivity contribution in [3.8, 4) is 6.07 Å². The average Bonchev–Trinajstić information content (AvgIpc) is 2.58. The molecule has 0 unspecified atom stereocenters. The van der Waals surface area contributed by atoms with Crippen molar-refractivity contribution >= 4 is 28.9 Å². The van der Waals surface area contributed by atoms with Crippen LogP contribution in [0.4, 0.5) is 15.8 Å². The molecule has 2 rings (SSSR count). The summed E-state index contributed by atoms with van der Waals surface area (Å²) in [7, 11) is 0. The van der Waals surface area contributed by atoms with Gasteiger partial charge in [-0.2, -0.15) is 5.26 Å². The Morgan fingerprint density at radius 2 is 2.08 bits per heavy atom. The lowest BCUT2D eigenvalue weighted by atomic mass is 10.2. The van der Waals surface area contributed by atoms with Crippen LogP contribution in [0.25, 0.3) is 0 Å². The highest BCUT2D eigenvalue weighted by molar-refractivity contribution is 6.34. The molecule has 0 aliphatic heterocycles. The van der Waals surface area contributed by atoms with E-state index in [1.54, 1.807) is 12.1 Å². The molecule has 0 spiro atoms. The van der Waals surface area contributed by atoms with Crippen molar-refractivity contribution in [2.45, 2.75) is 0 Å². The summed E-state index contributed by atoms with van der Waals surface area (Å²) in [5.74, 6) is -1.13. The van der Waals surface area contributed by atoms with Gasteiger partial charge in [0.25, 0.3) is 11.6 Å². The lowest BCUT2D eigenvalue weighted by Gasteiger charge is -2.10. The van der Waals surface area contributed by atoms with Gasteiger partial charge in [-0.05, 0) is 18.2 Å². The number of non-ortho nitro benzene ring substituents is 1. The first-order chi connectivity index (χ1) is 11.9. The van der Waals surface area contributed by atoms with Crippen molar-refractivity contribution in [3.05, 3.63) is 68.5 Å². The van der Waals surface area contributed by atoms with E-state index in [1.165, 1.54) is 24.3 Å². The van der Waals surface area contributed by atoms with Crippen LogP contribution in [0.3, 0.4) is 0 Å². The number of amides is 1. The Kier molecular flexibility index (Phi) is 5.87. The van der Waals surface area contributed by atoms with E-state index in [4.69, 9.17) is 16.9 Å². The summed E-state index contributed by atoms with van der Waals surface area (Å²) in [5, 5.41) is 25.0. The molecule has 0 radical (unpaired) electrons. The highest BCUT2D eigenvalue weighted by Gasteiger charge is 2.14.